The zero-order chi connectivity index (χ0) is 32.6. The molecule has 0 aliphatic heterocycles. The van der Waals surface area contributed by atoms with E-state index in [0.717, 1.165) is 11.1 Å². The molecule has 2 aromatic rings. The molecule has 0 amide bonds. The summed E-state index contributed by atoms with van der Waals surface area (Å²) in [6, 6.07) is 7.41. The summed E-state index contributed by atoms with van der Waals surface area (Å²) >= 11 is 0. The fourth-order valence-electron chi connectivity index (χ4n) is 5.57. The van der Waals surface area contributed by atoms with Crippen molar-refractivity contribution in [3.05, 3.63) is 57.6 Å². The Bertz CT molecular complexity index is 1130. The first-order valence-electron chi connectivity index (χ1n) is 15.6. The van der Waals surface area contributed by atoms with Gasteiger partial charge in [0.05, 0.1) is 48.8 Å². The maximum absolute atomic E-state index is 11.8. The molecule has 2 aromatic carbocycles. The van der Waals surface area contributed by atoms with Crippen LogP contribution in [0.5, 0.6) is 11.5 Å². The molecule has 0 bridgehead atoms. The Morgan fingerprint density at radius 1 is 0.581 bits per heavy atom. The van der Waals surface area contributed by atoms with Crippen LogP contribution in [0.15, 0.2) is 24.3 Å². The molecule has 240 valence electrons. The molecule has 0 aliphatic rings. The number of benzene rings is 2. The van der Waals surface area contributed by atoms with E-state index < -0.39 is 11.2 Å². The lowest BCUT2D eigenvalue weighted by molar-refractivity contribution is -0.1000. The van der Waals surface area contributed by atoms with Crippen molar-refractivity contribution in [2.75, 3.05) is 26.4 Å². The molecule has 0 fully saturated rings. The molecule has 0 radical (unpaired) electrons. The average Bonchev–Trinajstić information content (AvgIpc) is 2.96. The second-order valence-corrected chi connectivity index (χ2v) is 13.4. The van der Waals surface area contributed by atoms with Gasteiger partial charge in [0.15, 0.2) is 12.6 Å². The number of hydrogen-bond acceptors (Lipinski definition) is 7. The maximum atomic E-state index is 11.8. The van der Waals surface area contributed by atoms with Gasteiger partial charge >= 0.3 is 0 Å². The number of carbonyl (C=O) groups excluding carboxylic acids is 2. The van der Waals surface area contributed by atoms with Crippen molar-refractivity contribution in [3.8, 4) is 11.5 Å². The number of hydrogen-bond donors (Lipinski definition) is 2. The van der Waals surface area contributed by atoms with Gasteiger partial charge in [0.2, 0.25) is 0 Å². The first kappa shape index (κ1) is 36.5. The van der Waals surface area contributed by atoms with E-state index in [1.54, 1.807) is 12.1 Å². The molecule has 7 nitrogen and oxygen atoms in total. The highest BCUT2D eigenvalue weighted by Gasteiger charge is 2.36. The van der Waals surface area contributed by atoms with E-state index in [-0.39, 0.29) is 33.5 Å². The number of phenols is 2. The Kier molecular flexibility index (Phi) is 12.6. The summed E-state index contributed by atoms with van der Waals surface area (Å²) < 4.78 is 18.7. The molecule has 0 unspecified atom stereocenters. The third kappa shape index (κ3) is 8.25. The number of carbonyl (C=O) groups is 2. The highest BCUT2D eigenvalue weighted by Crippen LogP contribution is 2.43. The Labute approximate surface area is 258 Å². The lowest BCUT2D eigenvalue weighted by Crippen LogP contribution is -2.32. The summed E-state index contributed by atoms with van der Waals surface area (Å²) in [6.45, 7) is 21.7. The van der Waals surface area contributed by atoms with Crippen molar-refractivity contribution >= 4 is 12.6 Å². The highest BCUT2D eigenvalue weighted by atomic mass is 16.6. The van der Waals surface area contributed by atoms with Gasteiger partial charge in [-0.25, -0.2) is 0 Å². The Morgan fingerprint density at radius 2 is 0.907 bits per heavy atom. The standard InChI is InChI=1S/C36H54O7/c1-11-35(12-2,29-21-27(33(5,6)7)19-25(23-37)31(29)39)42-17-15-41-16-18-43-36(13-3,14-4)30-22-28(34(8,9)10)20-26(24-38)32(30)40/h19-24,39-40H,11-18H2,1-10H3. The first-order chi connectivity index (χ1) is 20.1. The predicted molar refractivity (Wildman–Crippen MR) is 172 cm³/mol. The van der Waals surface area contributed by atoms with E-state index in [1.165, 1.54) is 0 Å². The van der Waals surface area contributed by atoms with Gasteiger partial charge in [0.1, 0.15) is 11.5 Å². The van der Waals surface area contributed by atoms with Crippen LogP contribution in [-0.2, 0) is 36.2 Å². The second kappa shape index (κ2) is 14.8. The van der Waals surface area contributed by atoms with Crippen LogP contribution in [0.1, 0.15) is 138 Å². The van der Waals surface area contributed by atoms with Crippen molar-refractivity contribution in [1.82, 2.24) is 0 Å². The van der Waals surface area contributed by atoms with Crippen molar-refractivity contribution in [1.29, 1.82) is 0 Å². The molecule has 2 rings (SSSR count). The van der Waals surface area contributed by atoms with Crippen LogP contribution in [0.2, 0.25) is 0 Å². The van der Waals surface area contributed by atoms with E-state index in [9.17, 15) is 19.8 Å². The summed E-state index contributed by atoms with van der Waals surface area (Å²) in [5.41, 5.74) is 1.74. The van der Waals surface area contributed by atoms with Crippen LogP contribution in [0.4, 0.5) is 0 Å². The molecule has 0 aromatic heterocycles. The molecule has 0 saturated heterocycles. The monoisotopic (exact) mass is 598 g/mol. The van der Waals surface area contributed by atoms with Gasteiger partial charge in [0, 0.05) is 11.1 Å². The lowest BCUT2D eigenvalue weighted by Gasteiger charge is -2.35. The van der Waals surface area contributed by atoms with Gasteiger partial charge in [-0.3, -0.25) is 9.59 Å². The smallest absolute Gasteiger partial charge is 0.153 e. The molecular formula is C36H54O7. The SMILES string of the molecule is CCC(CC)(OCCOCCOC(CC)(CC)c1cc(C(C)(C)C)cc(C=O)c1O)c1cc(C(C)(C)C)cc(C=O)c1O. The Balaban J connectivity index is 2.14. The van der Waals surface area contributed by atoms with Crippen LogP contribution in [0, 0.1) is 0 Å². The summed E-state index contributed by atoms with van der Waals surface area (Å²) in [4.78, 5) is 23.6. The number of phenolic OH excluding ortho intramolecular Hbond substituents is 2. The average molecular weight is 599 g/mol. The fraction of sp³-hybridized carbons (Fsp3) is 0.611. The maximum Gasteiger partial charge on any atom is 0.153 e. The zero-order valence-corrected chi connectivity index (χ0v) is 28.1. The van der Waals surface area contributed by atoms with E-state index in [2.05, 4.69) is 41.5 Å². The molecule has 43 heavy (non-hydrogen) atoms. The van der Waals surface area contributed by atoms with Gasteiger partial charge < -0.3 is 24.4 Å². The Morgan fingerprint density at radius 3 is 1.16 bits per heavy atom. The lowest BCUT2D eigenvalue weighted by atomic mass is 9.80. The minimum Gasteiger partial charge on any atom is -0.507 e. The van der Waals surface area contributed by atoms with Crippen LogP contribution in [0.25, 0.3) is 0 Å². The van der Waals surface area contributed by atoms with Crippen molar-refractivity contribution < 1.29 is 34.0 Å². The van der Waals surface area contributed by atoms with E-state index in [1.807, 2.05) is 39.8 Å². The predicted octanol–water partition coefficient (Wildman–Crippen LogP) is 8.10. The zero-order valence-electron chi connectivity index (χ0n) is 28.1. The quantitative estimate of drug-likeness (QED) is 0.149. The number of ether oxygens (including phenoxy) is 3. The van der Waals surface area contributed by atoms with E-state index in [4.69, 9.17) is 14.2 Å². The van der Waals surface area contributed by atoms with Crippen LogP contribution in [-0.4, -0.2) is 49.2 Å². The topological polar surface area (TPSA) is 102 Å². The summed E-state index contributed by atoms with van der Waals surface area (Å²) in [6.07, 6.45) is 3.84. The van der Waals surface area contributed by atoms with Gasteiger partial charge in [-0.2, -0.15) is 0 Å². The number of aromatic hydroxyl groups is 2. The second-order valence-electron chi connectivity index (χ2n) is 13.4. The summed E-state index contributed by atoms with van der Waals surface area (Å²) in [5, 5.41) is 22.0. The largest absolute Gasteiger partial charge is 0.507 e. The van der Waals surface area contributed by atoms with E-state index in [0.29, 0.717) is 75.8 Å². The van der Waals surface area contributed by atoms with Crippen LogP contribution >= 0.6 is 0 Å². The molecule has 7 heteroatoms. The van der Waals surface area contributed by atoms with Gasteiger partial charge in [-0.05, 0) is 71.9 Å². The molecule has 0 saturated carbocycles. The number of aldehydes is 2. The van der Waals surface area contributed by atoms with Gasteiger partial charge in [0.25, 0.3) is 0 Å². The summed E-state index contributed by atoms with van der Waals surface area (Å²) in [5.74, 6) is -0.0685. The normalized spacial score (nSPS) is 12.9. The summed E-state index contributed by atoms with van der Waals surface area (Å²) in [7, 11) is 0. The van der Waals surface area contributed by atoms with E-state index >= 15 is 0 Å². The molecule has 0 spiro atoms. The van der Waals surface area contributed by atoms with Gasteiger partial charge in [-0.1, -0.05) is 69.2 Å². The van der Waals surface area contributed by atoms with Crippen molar-refractivity contribution in [2.24, 2.45) is 0 Å². The Hall–Kier alpha value is -2.74. The van der Waals surface area contributed by atoms with Crippen molar-refractivity contribution in [3.63, 3.8) is 0 Å². The molecule has 0 heterocycles. The molecular weight excluding hydrogens is 544 g/mol. The number of rotatable bonds is 16. The minimum atomic E-state index is -0.769. The fourth-order valence-corrected chi connectivity index (χ4v) is 5.57. The molecule has 2 N–H and O–H groups in total. The van der Waals surface area contributed by atoms with Crippen molar-refractivity contribution in [2.45, 2.75) is 117 Å². The minimum absolute atomic E-state index is 0.0343. The molecule has 0 aliphatic carbocycles. The first-order valence-corrected chi connectivity index (χ1v) is 15.6. The molecule has 0 atom stereocenters. The van der Waals surface area contributed by atoms with Crippen LogP contribution < -0.4 is 0 Å². The third-order valence-electron chi connectivity index (χ3n) is 8.74. The van der Waals surface area contributed by atoms with Crippen LogP contribution in [0.3, 0.4) is 0 Å². The van der Waals surface area contributed by atoms with Gasteiger partial charge in [-0.15, -0.1) is 0 Å². The highest BCUT2D eigenvalue weighted by molar-refractivity contribution is 5.81. The third-order valence-corrected chi connectivity index (χ3v) is 8.74.